The number of pyridine rings is 1. The Balaban J connectivity index is 2.39. The number of nitrogens with zero attached hydrogens (tertiary/aromatic N) is 5. The van der Waals surface area contributed by atoms with Gasteiger partial charge < -0.3 is 4.84 Å². The number of aromatic nitrogens is 3. The Morgan fingerprint density at radius 1 is 1.60 bits per heavy atom. The fourth-order valence-electron chi connectivity index (χ4n) is 1.94. The van der Waals surface area contributed by atoms with E-state index >= 15 is 0 Å². The summed E-state index contributed by atoms with van der Waals surface area (Å²) >= 11 is 10.3. The average Bonchev–Trinajstić information content (AvgIpc) is 3.02. The van der Waals surface area contributed by atoms with Crippen LogP contribution in [0.5, 0.6) is 0 Å². The molecule has 2 aromatic heterocycles. The van der Waals surface area contributed by atoms with Crippen LogP contribution < -0.4 is 4.90 Å². The lowest BCUT2D eigenvalue weighted by Crippen LogP contribution is -2.38. The van der Waals surface area contributed by atoms with Crippen LogP contribution in [0.2, 0.25) is 5.15 Å². The van der Waals surface area contributed by atoms with Crippen molar-refractivity contribution in [2.24, 2.45) is 5.16 Å². The predicted molar refractivity (Wildman–Crippen MR) is 100 cm³/mol. The number of rotatable bonds is 7. The van der Waals surface area contributed by atoms with Gasteiger partial charge in [-0.25, -0.2) is 4.68 Å². The second kappa shape index (κ2) is 9.11. The molecule has 2 rings (SSSR count). The molecule has 1 amide bonds. The van der Waals surface area contributed by atoms with E-state index in [0.717, 1.165) is 0 Å². The lowest BCUT2D eigenvalue weighted by molar-refractivity contribution is -0.112. The summed E-state index contributed by atoms with van der Waals surface area (Å²) < 4.78 is 1.52. The number of anilines is 1. The first-order valence-electron chi connectivity index (χ1n) is 7.33. The van der Waals surface area contributed by atoms with Gasteiger partial charge in [0, 0.05) is 11.9 Å². The number of hydrogen-bond donors (Lipinski definition) is 1. The number of terminal acetylenes is 1. The van der Waals surface area contributed by atoms with E-state index in [-0.39, 0.29) is 23.2 Å². The van der Waals surface area contributed by atoms with Gasteiger partial charge in [0.1, 0.15) is 12.3 Å². The molecule has 0 atom stereocenters. The molecule has 0 bridgehead atoms. The van der Waals surface area contributed by atoms with E-state index in [1.165, 1.54) is 9.58 Å². The summed E-state index contributed by atoms with van der Waals surface area (Å²) in [6.45, 7) is 2.09. The van der Waals surface area contributed by atoms with E-state index in [9.17, 15) is 4.79 Å². The third kappa shape index (κ3) is 4.53. The molecule has 0 aliphatic rings. The zero-order valence-electron chi connectivity index (χ0n) is 13.5. The minimum absolute atomic E-state index is 0.00376. The molecule has 0 fully saturated rings. The van der Waals surface area contributed by atoms with Gasteiger partial charge in [-0.05, 0) is 19.1 Å². The molecule has 9 heteroatoms. The van der Waals surface area contributed by atoms with Crippen molar-refractivity contribution < 1.29 is 9.63 Å². The molecular formula is C16H16ClN5O2S. The molecule has 7 nitrogen and oxygen atoms in total. The maximum atomic E-state index is 12.7. The normalized spacial score (nSPS) is 11.0. The van der Waals surface area contributed by atoms with Crippen LogP contribution in [0.3, 0.4) is 0 Å². The number of carbonyl (C=O) groups excluding carboxylic acids is 1. The van der Waals surface area contributed by atoms with E-state index < -0.39 is 5.91 Å². The molecule has 0 aromatic carbocycles. The van der Waals surface area contributed by atoms with Gasteiger partial charge >= 0.3 is 0 Å². The Kier molecular flexibility index (Phi) is 6.86. The van der Waals surface area contributed by atoms with E-state index in [4.69, 9.17) is 22.9 Å². The summed E-state index contributed by atoms with van der Waals surface area (Å²) in [5, 5.41) is 8.11. The Bertz CT molecular complexity index is 801. The summed E-state index contributed by atoms with van der Waals surface area (Å²) in [7, 11) is 0. The minimum Gasteiger partial charge on any atom is -0.396 e. The van der Waals surface area contributed by atoms with Crippen LogP contribution in [0.4, 0.5) is 5.69 Å². The van der Waals surface area contributed by atoms with Crippen molar-refractivity contribution in [3.63, 3.8) is 0 Å². The van der Waals surface area contributed by atoms with Gasteiger partial charge in [0.15, 0.2) is 10.9 Å². The smallest absolute Gasteiger partial charge is 0.277 e. The van der Waals surface area contributed by atoms with Gasteiger partial charge in [-0.2, -0.15) is 17.7 Å². The first kappa shape index (κ1) is 18.8. The highest BCUT2D eigenvalue weighted by Gasteiger charge is 2.25. The van der Waals surface area contributed by atoms with Crippen molar-refractivity contribution in [3.05, 3.63) is 35.9 Å². The zero-order valence-corrected chi connectivity index (χ0v) is 15.1. The molecule has 0 radical (unpaired) electrons. The van der Waals surface area contributed by atoms with Crippen LogP contribution in [0.1, 0.15) is 6.92 Å². The third-order valence-corrected chi connectivity index (χ3v) is 3.62. The SMILES string of the molecule is C#CCN(C(=O)/C(CS)=N/OCC)c1cn(-c2cccnc2)nc1Cl. The molecule has 2 heterocycles. The molecule has 0 unspecified atom stereocenters. The molecule has 0 N–H and O–H groups in total. The highest BCUT2D eigenvalue weighted by Crippen LogP contribution is 2.26. The third-order valence-electron chi connectivity index (χ3n) is 3.05. The maximum Gasteiger partial charge on any atom is 0.277 e. The quantitative estimate of drug-likeness (QED) is 0.347. The minimum atomic E-state index is -0.450. The largest absolute Gasteiger partial charge is 0.396 e. The first-order chi connectivity index (χ1) is 12.1. The first-order valence-corrected chi connectivity index (χ1v) is 8.34. The number of carbonyl (C=O) groups is 1. The highest BCUT2D eigenvalue weighted by molar-refractivity contribution is 7.81. The van der Waals surface area contributed by atoms with Crippen LogP contribution in [-0.4, -0.2) is 45.3 Å². The predicted octanol–water partition coefficient (Wildman–Crippen LogP) is 2.21. The highest BCUT2D eigenvalue weighted by atomic mass is 35.5. The molecule has 0 aliphatic heterocycles. The molecule has 25 heavy (non-hydrogen) atoms. The standard InChI is InChI=1S/C16H16ClN5O2S/c1-3-8-21(16(23)13(11-25)20-24-4-2)14-10-22(19-15(14)17)12-6-5-7-18-9-12/h1,5-7,9-10,25H,4,8,11H2,2H3/b20-13+. The summed E-state index contributed by atoms with van der Waals surface area (Å²) in [5.41, 5.74) is 1.17. The van der Waals surface area contributed by atoms with Crippen LogP contribution in [-0.2, 0) is 9.63 Å². The van der Waals surface area contributed by atoms with Crippen LogP contribution in [0.25, 0.3) is 5.69 Å². The van der Waals surface area contributed by atoms with E-state index in [1.54, 1.807) is 31.6 Å². The monoisotopic (exact) mass is 377 g/mol. The van der Waals surface area contributed by atoms with Crippen LogP contribution >= 0.6 is 24.2 Å². The van der Waals surface area contributed by atoms with Gasteiger partial charge in [-0.15, -0.1) is 6.42 Å². The fourth-order valence-corrected chi connectivity index (χ4v) is 2.36. The Hall–Kier alpha value is -2.50. The van der Waals surface area contributed by atoms with Crippen molar-refractivity contribution in [2.75, 3.05) is 23.8 Å². The summed E-state index contributed by atoms with van der Waals surface area (Å²) in [5.74, 6) is 2.08. The second-order valence-corrected chi connectivity index (χ2v) is 5.34. The van der Waals surface area contributed by atoms with E-state index in [0.29, 0.717) is 18.0 Å². The van der Waals surface area contributed by atoms with Crippen molar-refractivity contribution in [2.45, 2.75) is 6.92 Å². The van der Waals surface area contributed by atoms with Crippen molar-refractivity contribution >= 4 is 41.5 Å². The van der Waals surface area contributed by atoms with E-state index in [2.05, 4.69) is 33.8 Å². The van der Waals surface area contributed by atoms with Gasteiger partial charge in [0.25, 0.3) is 5.91 Å². The van der Waals surface area contributed by atoms with Crippen molar-refractivity contribution in [1.29, 1.82) is 0 Å². The molecule has 2 aromatic rings. The summed E-state index contributed by atoms with van der Waals surface area (Å²) in [6, 6.07) is 3.58. The Morgan fingerprint density at radius 3 is 3.00 bits per heavy atom. The van der Waals surface area contributed by atoms with Crippen LogP contribution in [0.15, 0.2) is 35.9 Å². The number of amides is 1. The lowest BCUT2D eigenvalue weighted by atomic mass is 10.3. The molecule has 0 saturated heterocycles. The summed E-state index contributed by atoms with van der Waals surface area (Å²) in [4.78, 5) is 23.0. The zero-order chi connectivity index (χ0) is 18.2. The van der Waals surface area contributed by atoms with Crippen LogP contribution in [0, 0.1) is 12.3 Å². The Labute approximate surface area is 156 Å². The molecule has 0 aliphatic carbocycles. The molecule has 0 spiro atoms. The molecule has 130 valence electrons. The van der Waals surface area contributed by atoms with E-state index in [1.807, 2.05) is 6.07 Å². The number of hydrogen-bond acceptors (Lipinski definition) is 6. The second-order valence-electron chi connectivity index (χ2n) is 4.67. The summed E-state index contributed by atoms with van der Waals surface area (Å²) in [6.07, 6.45) is 10.3. The number of oxime groups is 1. The number of halogens is 1. The lowest BCUT2D eigenvalue weighted by Gasteiger charge is -2.19. The molecular weight excluding hydrogens is 362 g/mol. The van der Waals surface area contributed by atoms with Gasteiger partial charge in [0.05, 0.1) is 24.6 Å². The average molecular weight is 378 g/mol. The molecule has 0 saturated carbocycles. The van der Waals surface area contributed by atoms with Crippen molar-refractivity contribution in [3.8, 4) is 18.0 Å². The Morgan fingerprint density at radius 2 is 2.40 bits per heavy atom. The van der Waals surface area contributed by atoms with Gasteiger partial charge in [0.2, 0.25) is 0 Å². The fraction of sp³-hybridized carbons (Fsp3) is 0.250. The topological polar surface area (TPSA) is 72.6 Å². The number of thiol groups is 1. The van der Waals surface area contributed by atoms with Gasteiger partial charge in [-0.1, -0.05) is 22.7 Å². The van der Waals surface area contributed by atoms with Gasteiger partial charge in [-0.3, -0.25) is 14.7 Å². The maximum absolute atomic E-state index is 12.7. The van der Waals surface area contributed by atoms with Crippen molar-refractivity contribution in [1.82, 2.24) is 14.8 Å².